The van der Waals surface area contributed by atoms with Crippen molar-refractivity contribution in [2.24, 2.45) is 5.92 Å². The number of nitrogens with one attached hydrogen (secondary N) is 1. The molecule has 1 aliphatic heterocycles. The van der Waals surface area contributed by atoms with Crippen LogP contribution in [0.5, 0.6) is 0 Å². The summed E-state index contributed by atoms with van der Waals surface area (Å²) in [6.07, 6.45) is 5.59. The topological polar surface area (TPSA) is 32.3 Å². The fraction of sp³-hybridized carbons (Fsp3) is 0.611. The Morgan fingerprint density at radius 2 is 2.19 bits per heavy atom. The standard InChI is InChI=1S/C18H26N2O/c1-13(2)10-12-20(14-8-9-14)18(21)16-5-3-7-17-15(16)6-4-11-19-17/h3,5,7,13-14,19H,4,6,8-12H2,1-2H3. The van der Waals surface area contributed by atoms with Crippen molar-refractivity contribution >= 4 is 11.6 Å². The van der Waals surface area contributed by atoms with E-state index in [0.29, 0.717) is 12.0 Å². The van der Waals surface area contributed by atoms with E-state index in [-0.39, 0.29) is 5.91 Å². The highest BCUT2D eigenvalue weighted by atomic mass is 16.2. The summed E-state index contributed by atoms with van der Waals surface area (Å²) in [5, 5.41) is 3.42. The van der Waals surface area contributed by atoms with Crippen LogP contribution in [0.2, 0.25) is 0 Å². The van der Waals surface area contributed by atoms with E-state index in [1.807, 2.05) is 12.1 Å². The summed E-state index contributed by atoms with van der Waals surface area (Å²) >= 11 is 0. The number of amides is 1. The summed E-state index contributed by atoms with van der Waals surface area (Å²) in [6.45, 7) is 6.37. The van der Waals surface area contributed by atoms with Gasteiger partial charge in [-0.1, -0.05) is 19.9 Å². The monoisotopic (exact) mass is 286 g/mol. The number of carbonyl (C=O) groups is 1. The average molecular weight is 286 g/mol. The molecule has 1 aromatic rings. The maximum atomic E-state index is 13.0. The van der Waals surface area contributed by atoms with E-state index in [1.165, 1.54) is 18.4 Å². The Hall–Kier alpha value is -1.51. The molecule has 114 valence electrons. The predicted molar refractivity (Wildman–Crippen MR) is 86.8 cm³/mol. The number of hydrogen-bond acceptors (Lipinski definition) is 2. The zero-order valence-electron chi connectivity index (χ0n) is 13.2. The number of hydrogen-bond donors (Lipinski definition) is 1. The average Bonchev–Trinajstić information content (AvgIpc) is 3.31. The molecule has 0 aromatic heterocycles. The predicted octanol–water partition coefficient (Wildman–Crippen LogP) is 3.70. The van der Waals surface area contributed by atoms with Gasteiger partial charge in [0.05, 0.1) is 0 Å². The molecule has 1 aliphatic carbocycles. The van der Waals surface area contributed by atoms with E-state index < -0.39 is 0 Å². The van der Waals surface area contributed by atoms with E-state index in [0.717, 1.165) is 43.6 Å². The van der Waals surface area contributed by atoms with Crippen molar-refractivity contribution in [3.05, 3.63) is 29.3 Å². The second kappa shape index (κ2) is 6.08. The highest BCUT2D eigenvalue weighted by Crippen LogP contribution is 2.32. The van der Waals surface area contributed by atoms with Gasteiger partial charge in [-0.15, -0.1) is 0 Å². The van der Waals surface area contributed by atoms with Crippen LogP contribution in [-0.2, 0) is 6.42 Å². The fourth-order valence-electron chi connectivity index (χ4n) is 3.10. The third-order valence-corrected chi connectivity index (χ3v) is 4.52. The van der Waals surface area contributed by atoms with Gasteiger partial charge in [-0.25, -0.2) is 0 Å². The third kappa shape index (κ3) is 3.22. The number of anilines is 1. The lowest BCUT2D eigenvalue weighted by Crippen LogP contribution is -2.35. The molecule has 0 radical (unpaired) electrons. The lowest BCUT2D eigenvalue weighted by molar-refractivity contribution is 0.0734. The number of fused-ring (bicyclic) bond motifs is 1. The summed E-state index contributed by atoms with van der Waals surface area (Å²) < 4.78 is 0. The largest absolute Gasteiger partial charge is 0.385 e. The van der Waals surface area contributed by atoms with Gasteiger partial charge in [0.2, 0.25) is 0 Å². The van der Waals surface area contributed by atoms with Crippen molar-refractivity contribution in [1.29, 1.82) is 0 Å². The second-order valence-electron chi connectivity index (χ2n) is 6.77. The molecular formula is C18H26N2O. The summed E-state index contributed by atoms with van der Waals surface area (Å²) in [6, 6.07) is 6.61. The molecule has 3 nitrogen and oxygen atoms in total. The van der Waals surface area contributed by atoms with Crippen LogP contribution in [-0.4, -0.2) is 29.9 Å². The molecule has 1 aromatic carbocycles. The first-order valence-electron chi connectivity index (χ1n) is 8.33. The summed E-state index contributed by atoms with van der Waals surface area (Å²) in [5.74, 6) is 0.893. The van der Waals surface area contributed by atoms with Crippen molar-refractivity contribution in [2.75, 3.05) is 18.4 Å². The van der Waals surface area contributed by atoms with E-state index >= 15 is 0 Å². The zero-order valence-corrected chi connectivity index (χ0v) is 13.2. The molecule has 1 heterocycles. The number of carbonyl (C=O) groups excluding carboxylic acids is 1. The first-order chi connectivity index (χ1) is 10.2. The molecular weight excluding hydrogens is 260 g/mol. The summed E-state index contributed by atoms with van der Waals surface area (Å²) in [4.78, 5) is 15.1. The molecule has 0 spiro atoms. The summed E-state index contributed by atoms with van der Waals surface area (Å²) in [5.41, 5.74) is 3.31. The molecule has 3 rings (SSSR count). The molecule has 3 heteroatoms. The lowest BCUT2D eigenvalue weighted by Gasteiger charge is -2.27. The van der Waals surface area contributed by atoms with Crippen LogP contribution >= 0.6 is 0 Å². The van der Waals surface area contributed by atoms with Crippen LogP contribution in [0, 0.1) is 5.92 Å². The molecule has 0 bridgehead atoms. The van der Waals surface area contributed by atoms with Gasteiger partial charge in [0.25, 0.3) is 5.91 Å². The van der Waals surface area contributed by atoms with Crippen LogP contribution in [0.25, 0.3) is 0 Å². The van der Waals surface area contributed by atoms with Gasteiger partial charge in [0, 0.05) is 30.4 Å². The minimum Gasteiger partial charge on any atom is -0.385 e. The Labute approximate surface area is 127 Å². The SMILES string of the molecule is CC(C)CCN(C(=O)c1cccc2c1CCCN2)C1CC1. The van der Waals surface area contributed by atoms with Gasteiger partial charge in [-0.2, -0.15) is 0 Å². The maximum absolute atomic E-state index is 13.0. The lowest BCUT2D eigenvalue weighted by atomic mass is 9.96. The van der Waals surface area contributed by atoms with Crippen molar-refractivity contribution < 1.29 is 4.79 Å². The van der Waals surface area contributed by atoms with E-state index in [9.17, 15) is 4.79 Å². The minimum atomic E-state index is 0.249. The van der Waals surface area contributed by atoms with Gasteiger partial charge in [0.15, 0.2) is 0 Å². The van der Waals surface area contributed by atoms with Crippen molar-refractivity contribution in [2.45, 2.75) is 52.0 Å². The molecule has 1 amide bonds. The van der Waals surface area contributed by atoms with Gasteiger partial charge in [0.1, 0.15) is 0 Å². The molecule has 0 unspecified atom stereocenters. The number of benzene rings is 1. The van der Waals surface area contributed by atoms with E-state index in [1.54, 1.807) is 0 Å². The van der Waals surface area contributed by atoms with Crippen LogP contribution < -0.4 is 5.32 Å². The van der Waals surface area contributed by atoms with Crippen LogP contribution in [0.15, 0.2) is 18.2 Å². The highest BCUT2D eigenvalue weighted by molar-refractivity contribution is 5.97. The van der Waals surface area contributed by atoms with Gasteiger partial charge in [-0.3, -0.25) is 4.79 Å². The Balaban J connectivity index is 1.82. The van der Waals surface area contributed by atoms with Crippen LogP contribution in [0.3, 0.4) is 0 Å². The second-order valence-corrected chi connectivity index (χ2v) is 6.77. The smallest absolute Gasteiger partial charge is 0.254 e. The minimum absolute atomic E-state index is 0.249. The first-order valence-corrected chi connectivity index (χ1v) is 8.33. The van der Waals surface area contributed by atoms with Gasteiger partial charge < -0.3 is 10.2 Å². The molecule has 0 saturated heterocycles. The quantitative estimate of drug-likeness (QED) is 0.895. The van der Waals surface area contributed by atoms with E-state index in [2.05, 4.69) is 30.1 Å². The van der Waals surface area contributed by atoms with Gasteiger partial charge in [-0.05, 0) is 55.7 Å². The Bertz CT molecular complexity index is 520. The van der Waals surface area contributed by atoms with Crippen molar-refractivity contribution in [3.63, 3.8) is 0 Å². The number of nitrogens with zero attached hydrogens (tertiary/aromatic N) is 1. The van der Waals surface area contributed by atoms with E-state index in [4.69, 9.17) is 0 Å². The molecule has 21 heavy (non-hydrogen) atoms. The molecule has 1 saturated carbocycles. The third-order valence-electron chi connectivity index (χ3n) is 4.52. The van der Waals surface area contributed by atoms with Crippen LogP contribution in [0.1, 0.15) is 55.5 Å². The first kappa shape index (κ1) is 14.4. The number of rotatable bonds is 5. The summed E-state index contributed by atoms with van der Waals surface area (Å²) in [7, 11) is 0. The van der Waals surface area contributed by atoms with Crippen LogP contribution in [0.4, 0.5) is 5.69 Å². The maximum Gasteiger partial charge on any atom is 0.254 e. The molecule has 0 atom stereocenters. The fourth-order valence-corrected chi connectivity index (χ4v) is 3.10. The molecule has 2 aliphatic rings. The van der Waals surface area contributed by atoms with Crippen molar-refractivity contribution in [3.8, 4) is 0 Å². The van der Waals surface area contributed by atoms with Gasteiger partial charge >= 0.3 is 0 Å². The highest BCUT2D eigenvalue weighted by Gasteiger charge is 2.34. The normalized spacial score (nSPS) is 17.3. The molecule has 1 fully saturated rings. The Kier molecular flexibility index (Phi) is 4.18. The zero-order chi connectivity index (χ0) is 14.8. The molecule has 1 N–H and O–H groups in total. The Morgan fingerprint density at radius 1 is 1.38 bits per heavy atom. The Morgan fingerprint density at radius 3 is 2.90 bits per heavy atom. The van der Waals surface area contributed by atoms with Crippen molar-refractivity contribution in [1.82, 2.24) is 4.90 Å².